The van der Waals surface area contributed by atoms with Crippen LogP contribution in [0.4, 0.5) is 0 Å². The monoisotopic (exact) mass is 231 g/mol. The van der Waals surface area contributed by atoms with Gasteiger partial charge in [-0.15, -0.1) is 0 Å². The van der Waals surface area contributed by atoms with Crippen molar-refractivity contribution in [1.29, 1.82) is 0 Å². The molecule has 0 fully saturated rings. The average molecular weight is 231 g/mol. The quantitative estimate of drug-likeness (QED) is 0.778. The summed E-state index contributed by atoms with van der Waals surface area (Å²) < 4.78 is 0. The number of rotatable bonds is 1. The van der Waals surface area contributed by atoms with Gasteiger partial charge in [0, 0.05) is 17.8 Å². The Morgan fingerprint density at radius 3 is 2.94 bits per heavy atom. The number of hydrogen-bond acceptors (Lipinski definition) is 2. The number of aromatic amines is 1. The number of H-pyrrole nitrogens is 1. The molecule has 1 aromatic heterocycles. The minimum absolute atomic E-state index is 0.430. The van der Waals surface area contributed by atoms with E-state index in [1.165, 1.54) is 35.4 Å². The van der Waals surface area contributed by atoms with E-state index in [9.17, 15) is 0 Å². The molecule has 0 saturated carbocycles. The highest BCUT2D eigenvalue weighted by Crippen LogP contribution is 2.37. The summed E-state index contributed by atoms with van der Waals surface area (Å²) in [6, 6.07) is 0. The van der Waals surface area contributed by atoms with Crippen molar-refractivity contribution in [3.8, 4) is 0 Å². The van der Waals surface area contributed by atoms with Crippen LogP contribution in [0.1, 0.15) is 43.6 Å². The Balaban J connectivity index is 1.97. The number of aryl methyl sites for hydroxylation is 1. The summed E-state index contributed by atoms with van der Waals surface area (Å²) in [5, 5.41) is 11.2. The van der Waals surface area contributed by atoms with E-state index in [-0.39, 0.29) is 0 Å². The lowest BCUT2D eigenvalue weighted by Gasteiger charge is -2.29. The fourth-order valence-electron chi connectivity index (χ4n) is 2.93. The lowest BCUT2D eigenvalue weighted by molar-refractivity contribution is 0.314. The van der Waals surface area contributed by atoms with Gasteiger partial charge in [-0.25, -0.2) is 0 Å². The second-order valence-electron chi connectivity index (χ2n) is 6.05. The molecule has 17 heavy (non-hydrogen) atoms. The van der Waals surface area contributed by atoms with Crippen molar-refractivity contribution in [3.05, 3.63) is 23.0 Å². The highest BCUT2D eigenvalue weighted by molar-refractivity contribution is 5.67. The second-order valence-corrected chi connectivity index (χ2v) is 6.05. The molecule has 1 aromatic rings. The lowest BCUT2D eigenvalue weighted by atomic mass is 9.75. The third-order valence-electron chi connectivity index (χ3n) is 4.03. The van der Waals surface area contributed by atoms with Crippen LogP contribution in [0, 0.1) is 5.41 Å². The molecule has 1 aliphatic heterocycles. The smallest absolute Gasteiger partial charge is 0.0913 e. The van der Waals surface area contributed by atoms with E-state index in [4.69, 9.17) is 0 Å². The predicted molar refractivity (Wildman–Crippen MR) is 69.9 cm³/mol. The zero-order valence-electron chi connectivity index (χ0n) is 10.8. The maximum absolute atomic E-state index is 4.57. The van der Waals surface area contributed by atoms with Crippen LogP contribution in [0.2, 0.25) is 0 Å². The first-order valence-corrected chi connectivity index (χ1v) is 6.62. The number of nitrogens with one attached hydrogen (secondary N) is 2. The summed E-state index contributed by atoms with van der Waals surface area (Å²) in [6.07, 6.45) is 6.99. The van der Waals surface area contributed by atoms with Crippen molar-refractivity contribution >= 4 is 5.57 Å². The van der Waals surface area contributed by atoms with Crippen LogP contribution < -0.4 is 5.32 Å². The molecule has 0 unspecified atom stereocenters. The SMILES string of the molecule is CC1(C)CCc2[nH]nc(C3=CCNCC3)c2C1. The zero-order valence-corrected chi connectivity index (χ0v) is 10.8. The normalized spacial score (nSPS) is 23.1. The Hall–Kier alpha value is -1.09. The van der Waals surface area contributed by atoms with Crippen LogP contribution in [-0.2, 0) is 12.8 Å². The summed E-state index contributed by atoms with van der Waals surface area (Å²) in [5.41, 5.74) is 5.96. The summed E-state index contributed by atoms with van der Waals surface area (Å²) in [4.78, 5) is 0. The molecule has 0 bridgehead atoms. The van der Waals surface area contributed by atoms with Crippen molar-refractivity contribution in [2.24, 2.45) is 5.41 Å². The van der Waals surface area contributed by atoms with Gasteiger partial charge in [0.1, 0.15) is 0 Å². The Morgan fingerprint density at radius 2 is 2.18 bits per heavy atom. The van der Waals surface area contributed by atoms with E-state index in [0.29, 0.717) is 5.41 Å². The summed E-state index contributed by atoms with van der Waals surface area (Å²) in [5.74, 6) is 0. The molecule has 0 saturated heterocycles. The molecule has 0 atom stereocenters. The molecule has 0 radical (unpaired) electrons. The van der Waals surface area contributed by atoms with E-state index in [1.54, 1.807) is 0 Å². The first-order valence-electron chi connectivity index (χ1n) is 6.62. The molecule has 1 aliphatic carbocycles. The predicted octanol–water partition coefficient (Wildman–Crippen LogP) is 2.30. The van der Waals surface area contributed by atoms with Gasteiger partial charge in [0.15, 0.2) is 0 Å². The van der Waals surface area contributed by atoms with Crippen molar-refractivity contribution in [3.63, 3.8) is 0 Å². The molecule has 3 rings (SSSR count). The minimum Gasteiger partial charge on any atom is -0.313 e. The van der Waals surface area contributed by atoms with Crippen molar-refractivity contribution in [1.82, 2.24) is 15.5 Å². The molecule has 2 aliphatic rings. The number of hydrogen-bond donors (Lipinski definition) is 2. The fourth-order valence-corrected chi connectivity index (χ4v) is 2.93. The van der Waals surface area contributed by atoms with Crippen molar-refractivity contribution in [2.75, 3.05) is 13.1 Å². The Bertz CT molecular complexity index is 454. The molecule has 0 spiro atoms. The van der Waals surface area contributed by atoms with Crippen LogP contribution in [0.5, 0.6) is 0 Å². The minimum atomic E-state index is 0.430. The molecule has 3 nitrogen and oxygen atoms in total. The topological polar surface area (TPSA) is 40.7 Å². The average Bonchev–Trinajstić information content (AvgIpc) is 2.71. The van der Waals surface area contributed by atoms with Gasteiger partial charge in [0.2, 0.25) is 0 Å². The van der Waals surface area contributed by atoms with E-state index in [0.717, 1.165) is 25.9 Å². The molecule has 0 aromatic carbocycles. The van der Waals surface area contributed by atoms with Gasteiger partial charge >= 0.3 is 0 Å². The summed E-state index contributed by atoms with van der Waals surface area (Å²) in [6.45, 7) is 6.80. The maximum Gasteiger partial charge on any atom is 0.0913 e. The largest absolute Gasteiger partial charge is 0.313 e. The molecule has 2 N–H and O–H groups in total. The fraction of sp³-hybridized carbons (Fsp3) is 0.643. The summed E-state index contributed by atoms with van der Waals surface area (Å²) in [7, 11) is 0. The van der Waals surface area contributed by atoms with Gasteiger partial charge in [0.05, 0.1) is 5.69 Å². The third kappa shape index (κ3) is 2.04. The van der Waals surface area contributed by atoms with E-state index in [1.807, 2.05) is 0 Å². The van der Waals surface area contributed by atoms with Gasteiger partial charge in [-0.2, -0.15) is 5.10 Å². The van der Waals surface area contributed by atoms with Gasteiger partial charge in [-0.1, -0.05) is 19.9 Å². The molecule has 2 heterocycles. The lowest BCUT2D eigenvalue weighted by Crippen LogP contribution is -2.23. The Morgan fingerprint density at radius 1 is 1.29 bits per heavy atom. The van der Waals surface area contributed by atoms with Gasteiger partial charge < -0.3 is 5.32 Å². The molecule has 92 valence electrons. The van der Waals surface area contributed by atoms with Crippen LogP contribution in [0.3, 0.4) is 0 Å². The zero-order chi connectivity index (χ0) is 11.9. The molecule has 0 amide bonds. The second kappa shape index (κ2) is 3.98. The number of aromatic nitrogens is 2. The van der Waals surface area contributed by atoms with Crippen LogP contribution in [-0.4, -0.2) is 23.3 Å². The van der Waals surface area contributed by atoms with E-state index >= 15 is 0 Å². The van der Waals surface area contributed by atoms with E-state index < -0.39 is 0 Å². The first-order chi connectivity index (χ1) is 8.16. The summed E-state index contributed by atoms with van der Waals surface area (Å²) >= 11 is 0. The third-order valence-corrected chi connectivity index (χ3v) is 4.03. The van der Waals surface area contributed by atoms with Crippen molar-refractivity contribution < 1.29 is 0 Å². The van der Waals surface area contributed by atoms with Gasteiger partial charge in [-0.3, -0.25) is 5.10 Å². The number of nitrogens with zero attached hydrogens (tertiary/aromatic N) is 1. The number of fused-ring (bicyclic) bond motifs is 1. The van der Waals surface area contributed by atoms with Crippen LogP contribution in [0.15, 0.2) is 6.08 Å². The van der Waals surface area contributed by atoms with Gasteiger partial charge in [-0.05, 0) is 43.2 Å². The molecular formula is C14H21N3. The highest BCUT2D eigenvalue weighted by Gasteiger charge is 2.29. The molecular weight excluding hydrogens is 210 g/mol. The maximum atomic E-state index is 4.57. The van der Waals surface area contributed by atoms with Crippen molar-refractivity contribution in [2.45, 2.75) is 39.5 Å². The van der Waals surface area contributed by atoms with E-state index in [2.05, 4.69) is 35.4 Å². The van der Waals surface area contributed by atoms with Gasteiger partial charge in [0.25, 0.3) is 0 Å². The van der Waals surface area contributed by atoms with Crippen LogP contribution >= 0.6 is 0 Å². The first kappa shape index (κ1) is 11.0. The Labute approximate surface area is 103 Å². The molecule has 3 heteroatoms. The highest BCUT2D eigenvalue weighted by atomic mass is 15.1. The van der Waals surface area contributed by atoms with Crippen LogP contribution in [0.25, 0.3) is 5.57 Å². The Kier molecular flexibility index (Phi) is 2.58. The standard InChI is InChI=1S/C14H21N3/c1-14(2)6-3-12-11(9-14)13(17-16-12)10-4-7-15-8-5-10/h4,15H,3,5-9H2,1-2H3,(H,16,17).